The fraction of sp³-hybridized carbons (Fsp3) is 0.846. The normalized spacial score (nSPS) is 22.1. The van der Waals surface area contributed by atoms with E-state index in [4.69, 9.17) is 15.3 Å². The van der Waals surface area contributed by atoms with E-state index in [0.29, 0.717) is 19.4 Å². The number of hydrogen-bond acceptors (Lipinski definition) is 5. The molecule has 5 heteroatoms. The molecule has 18 heavy (non-hydrogen) atoms. The zero-order chi connectivity index (χ0) is 13.2. The Morgan fingerprint density at radius 2 is 2.33 bits per heavy atom. The summed E-state index contributed by atoms with van der Waals surface area (Å²) >= 11 is 0. The highest BCUT2D eigenvalue weighted by atomic mass is 16.5. The molecule has 0 radical (unpaired) electrons. The zero-order valence-electron chi connectivity index (χ0n) is 11.1. The molecule has 1 aliphatic heterocycles. The summed E-state index contributed by atoms with van der Waals surface area (Å²) < 4.78 is 5.67. The van der Waals surface area contributed by atoms with E-state index in [9.17, 15) is 0 Å². The summed E-state index contributed by atoms with van der Waals surface area (Å²) in [5, 5.41) is 20.7. The SMILES string of the molecule is CCN1CCO[C@H](CNC[C@H](C#N)CCC#N)C1. The van der Waals surface area contributed by atoms with Crippen molar-refractivity contribution in [2.45, 2.75) is 25.9 Å². The van der Waals surface area contributed by atoms with Gasteiger partial charge in [0.05, 0.1) is 30.8 Å². The maximum atomic E-state index is 8.93. The fourth-order valence-corrected chi connectivity index (χ4v) is 2.06. The lowest BCUT2D eigenvalue weighted by Gasteiger charge is -2.32. The highest BCUT2D eigenvalue weighted by Gasteiger charge is 2.19. The Kier molecular flexibility index (Phi) is 7.36. The van der Waals surface area contributed by atoms with Crippen molar-refractivity contribution in [3.8, 4) is 12.1 Å². The lowest BCUT2D eigenvalue weighted by atomic mass is 10.1. The summed E-state index contributed by atoms with van der Waals surface area (Å²) in [4.78, 5) is 2.37. The van der Waals surface area contributed by atoms with Crippen molar-refractivity contribution in [3.05, 3.63) is 0 Å². The topological polar surface area (TPSA) is 72.1 Å². The number of nitrogens with one attached hydrogen (secondary N) is 1. The van der Waals surface area contributed by atoms with Crippen molar-refractivity contribution in [2.24, 2.45) is 5.92 Å². The molecule has 0 aromatic rings. The Morgan fingerprint density at radius 1 is 1.50 bits per heavy atom. The van der Waals surface area contributed by atoms with Crippen LogP contribution in [0.1, 0.15) is 19.8 Å². The molecule has 0 aromatic heterocycles. The molecule has 1 saturated heterocycles. The van der Waals surface area contributed by atoms with Gasteiger partial charge in [-0.1, -0.05) is 6.92 Å². The van der Waals surface area contributed by atoms with Crippen LogP contribution in [0.5, 0.6) is 0 Å². The standard InChI is InChI=1S/C13H22N4O/c1-2-17-6-7-18-13(11-17)10-16-9-12(8-15)4-3-5-14/h12-13,16H,2-4,6-7,9-11H2,1H3/t12-,13+/m0/s1. The van der Waals surface area contributed by atoms with Crippen molar-refractivity contribution >= 4 is 0 Å². The molecule has 1 heterocycles. The van der Waals surface area contributed by atoms with Crippen LogP contribution in [0.25, 0.3) is 0 Å². The van der Waals surface area contributed by atoms with Gasteiger partial charge in [0.25, 0.3) is 0 Å². The van der Waals surface area contributed by atoms with E-state index in [0.717, 1.165) is 32.8 Å². The molecule has 1 aliphatic rings. The van der Waals surface area contributed by atoms with Crippen molar-refractivity contribution in [3.63, 3.8) is 0 Å². The Hall–Kier alpha value is -1.14. The Morgan fingerprint density at radius 3 is 3.00 bits per heavy atom. The first-order valence-corrected chi connectivity index (χ1v) is 6.61. The molecular formula is C13H22N4O. The van der Waals surface area contributed by atoms with Crippen LogP contribution in [0, 0.1) is 28.6 Å². The lowest BCUT2D eigenvalue weighted by molar-refractivity contribution is -0.0253. The fourth-order valence-electron chi connectivity index (χ4n) is 2.06. The molecule has 0 amide bonds. The second-order valence-electron chi connectivity index (χ2n) is 4.57. The molecule has 0 aliphatic carbocycles. The van der Waals surface area contributed by atoms with Crippen molar-refractivity contribution < 1.29 is 4.74 Å². The van der Waals surface area contributed by atoms with Crippen LogP contribution in [-0.2, 0) is 4.74 Å². The molecule has 0 saturated carbocycles. The van der Waals surface area contributed by atoms with Crippen LogP contribution in [0.4, 0.5) is 0 Å². The Balaban J connectivity index is 2.16. The van der Waals surface area contributed by atoms with Gasteiger partial charge in [-0.15, -0.1) is 0 Å². The molecule has 1 rings (SSSR count). The smallest absolute Gasteiger partial charge is 0.0826 e. The second-order valence-corrected chi connectivity index (χ2v) is 4.57. The monoisotopic (exact) mass is 250 g/mol. The summed E-state index contributed by atoms with van der Waals surface area (Å²) in [6.45, 7) is 7.39. The average molecular weight is 250 g/mol. The highest BCUT2D eigenvalue weighted by molar-refractivity contribution is 4.87. The maximum Gasteiger partial charge on any atom is 0.0826 e. The molecule has 0 unspecified atom stereocenters. The predicted octanol–water partition coefficient (Wildman–Crippen LogP) is 0.740. The predicted molar refractivity (Wildman–Crippen MR) is 68.7 cm³/mol. The van der Waals surface area contributed by atoms with E-state index in [2.05, 4.69) is 29.3 Å². The second kappa shape index (κ2) is 8.88. The van der Waals surface area contributed by atoms with Crippen molar-refractivity contribution in [2.75, 3.05) is 39.3 Å². The number of ether oxygens (including phenoxy) is 1. The van der Waals surface area contributed by atoms with Gasteiger partial charge in [0.2, 0.25) is 0 Å². The van der Waals surface area contributed by atoms with E-state index >= 15 is 0 Å². The third-order valence-corrected chi connectivity index (χ3v) is 3.22. The summed E-state index contributed by atoms with van der Waals surface area (Å²) in [7, 11) is 0. The quantitative estimate of drug-likeness (QED) is 0.721. The molecular weight excluding hydrogens is 228 g/mol. The van der Waals surface area contributed by atoms with Crippen LogP contribution in [0.2, 0.25) is 0 Å². The van der Waals surface area contributed by atoms with Gasteiger partial charge in [-0.05, 0) is 13.0 Å². The molecule has 0 spiro atoms. The molecule has 5 nitrogen and oxygen atoms in total. The number of rotatable bonds is 7. The lowest BCUT2D eigenvalue weighted by Crippen LogP contribution is -2.46. The van der Waals surface area contributed by atoms with Crippen LogP contribution in [-0.4, -0.2) is 50.3 Å². The van der Waals surface area contributed by atoms with E-state index < -0.39 is 0 Å². The third kappa shape index (κ3) is 5.46. The minimum atomic E-state index is -0.0736. The third-order valence-electron chi connectivity index (χ3n) is 3.22. The van der Waals surface area contributed by atoms with Gasteiger partial charge in [-0.3, -0.25) is 4.90 Å². The van der Waals surface area contributed by atoms with Crippen LogP contribution in [0.3, 0.4) is 0 Å². The Labute approximate surface area is 109 Å². The van der Waals surface area contributed by atoms with Crippen LogP contribution >= 0.6 is 0 Å². The maximum absolute atomic E-state index is 8.93. The molecule has 2 atom stereocenters. The van der Waals surface area contributed by atoms with Gasteiger partial charge in [-0.25, -0.2) is 0 Å². The molecule has 1 fully saturated rings. The largest absolute Gasteiger partial charge is 0.374 e. The molecule has 0 bridgehead atoms. The summed E-state index contributed by atoms with van der Waals surface area (Å²) in [5.74, 6) is -0.0736. The minimum absolute atomic E-state index is 0.0736. The number of hydrogen-bond donors (Lipinski definition) is 1. The highest BCUT2D eigenvalue weighted by Crippen LogP contribution is 2.05. The first-order valence-electron chi connectivity index (χ1n) is 6.61. The number of likely N-dealkylation sites (N-methyl/N-ethyl adjacent to an activating group) is 1. The number of nitrogens with zero attached hydrogens (tertiary/aromatic N) is 3. The van der Waals surface area contributed by atoms with Crippen LogP contribution < -0.4 is 5.32 Å². The van der Waals surface area contributed by atoms with E-state index in [1.807, 2.05) is 0 Å². The van der Waals surface area contributed by atoms with Gasteiger partial charge in [0, 0.05) is 32.6 Å². The van der Waals surface area contributed by atoms with Gasteiger partial charge >= 0.3 is 0 Å². The summed E-state index contributed by atoms with van der Waals surface area (Å²) in [6, 6.07) is 4.31. The Bertz CT molecular complexity index is 307. The number of nitriles is 2. The van der Waals surface area contributed by atoms with Crippen molar-refractivity contribution in [1.29, 1.82) is 10.5 Å². The minimum Gasteiger partial charge on any atom is -0.374 e. The molecule has 1 N–H and O–H groups in total. The average Bonchev–Trinajstić information content (AvgIpc) is 2.43. The van der Waals surface area contributed by atoms with Gasteiger partial charge < -0.3 is 10.1 Å². The summed E-state index contributed by atoms with van der Waals surface area (Å²) in [5.41, 5.74) is 0. The first-order chi connectivity index (χ1) is 8.80. The van der Waals surface area contributed by atoms with Gasteiger partial charge in [0.1, 0.15) is 0 Å². The van der Waals surface area contributed by atoms with E-state index in [-0.39, 0.29) is 12.0 Å². The molecule has 100 valence electrons. The number of morpholine rings is 1. The van der Waals surface area contributed by atoms with Crippen molar-refractivity contribution in [1.82, 2.24) is 10.2 Å². The zero-order valence-corrected chi connectivity index (χ0v) is 11.1. The van der Waals surface area contributed by atoms with Crippen LogP contribution in [0.15, 0.2) is 0 Å². The van der Waals surface area contributed by atoms with Gasteiger partial charge in [-0.2, -0.15) is 10.5 Å². The van der Waals surface area contributed by atoms with Gasteiger partial charge in [0.15, 0.2) is 0 Å². The van der Waals surface area contributed by atoms with E-state index in [1.54, 1.807) is 0 Å². The summed E-state index contributed by atoms with van der Waals surface area (Å²) in [6.07, 6.45) is 1.31. The first kappa shape index (κ1) is 14.9. The molecule has 0 aromatic carbocycles. The van der Waals surface area contributed by atoms with E-state index in [1.165, 1.54) is 0 Å².